The number of anilines is 1. The summed E-state index contributed by atoms with van der Waals surface area (Å²) in [6.07, 6.45) is 3.81. The Bertz CT molecular complexity index is 344. The van der Waals surface area contributed by atoms with Gasteiger partial charge in [-0.05, 0) is 43.0 Å². The molecule has 1 atom stereocenters. The molecule has 0 spiro atoms. The van der Waals surface area contributed by atoms with Crippen molar-refractivity contribution in [3.05, 3.63) is 28.2 Å². The highest BCUT2D eigenvalue weighted by Crippen LogP contribution is 2.18. The van der Waals surface area contributed by atoms with Crippen molar-refractivity contribution in [3.63, 3.8) is 0 Å². The van der Waals surface area contributed by atoms with Crippen LogP contribution in [0.15, 0.2) is 22.7 Å². The molecule has 3 nitrogen and oxygen atoms in total. The van der Waals surface area contributed by atoms with Gasteiger partial charge < -0.3 is 15.2 Å². The third kappa shape index (κ3) is 4.30. The highest BCUT2D eigenvalue weighted by Gasteiger charge is 2.13. The molecule has 1 heterocycles. The summed E-state index contributed by atoms with van der Waals surface area (Å²) in [5.74, 6) is 0. The molecule has 2 rings (SSSR count). The van der Waals surface area contributed by atoms with Gasteiger partial charge in [-0.25, -0.2) is 0 Å². The van der Waals surface area contributed by atoms with Crippen molar-refractivity contribution in [1.82, 2.24) is 0 Å². The molecule has 1 fully saturated rings. The summed E-state index contributed by atoms with van der Waals surface area (Å²) in [4.78, 5) is 0. The molecular formula is C13H18BrNO2. The van der Waals surface area contributed by atoms with E-state index in [-0.39, 0.29) is 6.10 Å². The Balaban J connectivity index is 1.77. The molecule has 94 valence electrons. The first-order valence-corrected chi connectivity index (χ1v) is 6.77. The highest BCUT2D eigenvalue weighted by molar-refractivity contribution is 9.10. The van der Waals surface area contributed by atoms with E-state index >= 15 is 0 Å². The second-order valence-corrected chi connectivity index (χ2v) is 5.31. The van der Waals surface area contributed by atoms with Crippen LogP contribution in [-0.4, -0.2) is 19.3 Å². The number of nitrogens with two attached hydrogens (primary N) is 1. The van der Waals surface area contributed by atoms with Crippen molar-refractivity contribution in [2.75, 3.05) is 18.9 Å². The van der Waals surface area contributed by atoms with Crippen LogP contribution >= 0.6 is 15.9 Å². The van der Waals surface area contributed by atoms with E-state index < -0.39 is 0 Å². The van der Waals surface area contributed by atoms with Gasteiger partial charge in [0.05, 0.1) is 19.3 Å². The van der Waals surface area contributed by atoms with Crippen LogP contribution in [0.25, 0.3) is 0 Å². The standard InChI is InChI=1S/C13H18BrNO2/c14-11-5-10(6-12(15)7-11)8-16-9-13-3-1-2-4-17-13/h5-7,13H,1-4,8-9,15H2. The van der Waals surface area contributed by atoms with Crippen LogP contribution in [0.1, 0.15) is 24.8 Å². The lowest BCUT2D eigenvalue weighted by molar-refractivity contribution is -0.0447. The van der Waals surface area contributed by atoms with Crippen LogP contribution in [0.2, 0.25) is 0 Å². The van der Waals surface area contributed by atoms with Gasteiger partial charge in [-0.1, -0.05) is 15.9 Å². The SMILES string of the molecule is Nc1cc(Br)cc(COCC2CCCCO2)c1. The van der Waals surface area contributed by atoms with E-state index in [9.17, 15) is 0 Å². The summed E-state index contributed by atoms with van der Waals surface area (Å²) in [5.41, 5.74) is 7.61. The maximum absolute atomic E-state index is 5.76. The van der Waals surface area contributed by atoms with Gasteiger partial charge in [-0.3, -0.25) is 0 Å². The molecule has 1 aromatic carbocycles. The number of hydrogen-bond donors (Lipinski definition) is 1. The van der Waals surface area contributed by atoms with Gasteiger partial charge in [-0.2, -0.15) is 0 Å². The van der Waals surface area contributed by atoms with E-state index in [1.54, 1.807) is 0 Å². The molecular weight excluding hydrogens is 282 g/mol. The molecule has 0 aromatic heterocycles. The molecule has 1 aliphatic heterocycles. The van der Waals surface area contributed by atoms with Gasteiger partial charge in [0, 0.05) is 16.8 Å². The maximum Gasteiger partial charge on any atom is 0.0808 e. The minimum absolute atomic E-state index is 0.272. The maximum atomic E-state index is 5.76. The molecule has 0 saturated carbocycles. The van der Waals surface area contributed by atoms with E-state index in [0.717, 1.165) is 28.8 Å². The van der Waals surface area contributed by atoms with Gasteiger partial charge in [0.25, 0.3) is 0 Å². The summed E-state index contributed by atoms with van der Waals surface area (Å²) in [6, 6.07) is 5.85. The zero-order valence-electron chi connectivity index (χ0n) is 9.82. The van der Waals surface area contributed by atoms with Crippen molar-refractivity contribution in [2.45, 2.75) is 32.0 Å². The van der Waals surface area contributed by atoms with Crippen LogP contribution < -0.4 is 5.73 Å². The molecule has 1 unspecified atom stereocenters. The quantitative estimate of drug-likeness (QED) is 0.869. The smallest absolute Gasteiger partial charge is 0.0808 e. The van der Waals surface area contributed by atoms with Gasteiger partial charge in [0.15, 0.2) is 0 Å². The van der Waals surface area contributed by atoms with Crippen molar-refractivity contribution in [1.29, 1.82) is 0 Å². The number of benzene rings is 1. The third-order valence-corrected chi connectivity index (χ3v) is 3.28. The van der Waals surface area contributed by atoms with Crippen molar-refractivity contribution >= 4 is 21.6 Å². The normalized spacial score (nSPS) is 20.4. The summed E-state index contributed by atoms with van der Waals surface area (Å²) in [5, 5.41) is 0. The average molecular weight is 300 g/mol. The molecule has 0 bridgehead atoms. The molecule has 1 aromatic rings. The first kappa shape index (κ1) is 12.9. The topological polar surface area (TPSA) is 44.5 Å². The van der Waals surface area contributed by atoms with Crippen LogP contribution in [0, 0.1) is 0 Å². The van der Waals surface area contributed by atoms with E-state index in [1.807, 2.05) is 18.2 Å². The number of nitrogen functional groups attached to an aromatic ring is 1. The highest BCUT2D eigenvalue weighted by atomic mass is 79.9. The zero-order chi connectivity index (χ0) is 12.1. The van der Waals surface area contributed by atoms with Crippen molar-refractivity contribution < 1.29 is 9.47 Å². The Kier molecular flexibility index (Phi) is 4.83. The lowest BCUT2D eigenvalue weighted by Gasteiger charge is -2.22. The van der Waals surface area contributed by atoms with Crippen LogP contribution in [0.3, 0.4) is 0 Å². The summed E-state index contributed by atoms with van der Waals surface area (Å²) < 4.78 is 12.3. The van der Waals surface area contributed by atoms with Crippen molar-refractivity contribution in [3.8, 4) is 0 Å². The number of ether oxygens (including phenoxy) is 2. The second kappa shape index (κ2) is 6.38. The largest absolute Gasteiger partial charge is 0.399 e. The molecule has 1 aliphatic rings. The predicted molar refractivity (Wildman–Crippen MR) is 71.8 cm³/mol. The predicted octanol–water partition coefficient (Wildman–Crippen LogP) is 3.12. The molecule has 0 radical (unpaired) electrons. The van der Waals surface area contributed by atoms with Crippen LogP contribution in [0.5, 0.6) is 0 Å². The Morgan fingerprint density at radius 1 is 1.35 bits per heavy atom. The average Bonchev–Trinajstić information content (AvgIpc) is 2.29. The number of halogens is 1. The third-order valence-electron chi connectivity index (χ3n) is 2.83. The van der Waals surface area contributed by atoms with Crippen LogP contribution in [-0.2, 0) is 16.1 Å². The summed E-state index contributed by atoms with van der Waals surface area (Å²) >= 11 is 3.42. The summed E-state index contributed by atoms with van der Waals surface area (Å²) in [7, 11) is 0. The van der Waals surface area contributed by atoms with Crippen LogP contribution in [0.4, 0.5) is 5.69 Å². The Labute approximate surface area is 110 Å². The molecule has 1 saturated heterocycles. The Hall–Kier alpha value is -0.580. The monoisotopic (exact) mass is 299 g/mol. The van der Waals surface area contributed by atoms with Gasteiger partial charge >= 0.3 is 0 Å². The fraction of sp³-hybridized carbons (Fsp3) is 0.538. The fourth-order valence-electron chi connectivity index (χ4n) is 2.01. The Morgan fingerprint density at radius 2 is 2.24 bits per heavy atom. The van der Waals surface area contributed by atoms with E-state index in [4.69, 9.17) is 15.2 Å². The lowest BCUT2D eigenvalue weighted by Crippen LogP contribution is -2.24. The Morgan fingerprint density at radius 3 is 2.94 bits per heavy atom. The minimum atomic E-state index is 0.272. The molecule has 2 N–H and O–H groups in total. The molecule has 0 aliphatic carbocycles. The summed E-state index contributed by atoms with van der Waals surface area (Å²) in [6.45, 7) is 2.13. The van der Waals surface area contributed by atoms with Gasteiger partial charge in [0.2, 0.25) is 0 Å². The van der Waals surface area contributed by atoms with Gasteiger partial charge in [0.1, 0.15) is 0 Å². The van der Waals surface area contributed by atoms with E-state index in [2.05, 4.69) is 15.9 Å². The molecule has 0 amide bonds. The molecule has 4 heteroatoms. The second-order valence-electron chi connectivity index (χ2n) is 4.40. The number of hydrogen-bond acceptors (Lipinski definition) is 3. The fourth-order valence-corrected chi connectivity index (χ4v) is 2.56. The van der Waals surface area contributed by atoms with Gasteiger partial charge in [-0.15, -0.1) is 0 Å². The minimum Gasteiger partial charge on any atom is -0.399 e. The van der Waals surface area contributed by atoms with E-state index in [0.29, 0.717) is 13.2 Å². The zero-order valence-corrected chi connectivity index (χ0v) is 11.4. The van der Waals surface area contributed by atoms with Crippen molar-refractivity contribution in [2.24, 2.45) is 0 Å². The lowest BCUT2D eigenvalue weighted by atomic mass is 10.1. The van der Waals surface area contributed by atoms with E-state index in [1.165, 1.54) is 12.8 Å². The number of rotatable bonds is 4. The molecule has 17 heavy (non-hydrogen) atoms. The first-order chi connectivity index (χ1) is 8.24. The first-order valence-electron chi connectivity index (χ1n) is 5.98.